The Kier molecular flexibility index (Phi) is 3.00. The Balaban J connectivity index is 1.98. The van der Waals surface area contributed by atoms with E-state index in [0.29, 0.717) is 11.3 Å². The molecule has 3 aromatic rings. The molecule has 0 spiro atoms. The maximum atomic E-state index is 12.8. The number of ether oxygens (including phenoxy) is 1. The molecule has 0 saturated heterocycles. The van der Waals surface area contributed by atoms with Crippen molar-refractivity contribution in [1.29, 1.82) is 0 Å². The molecule has 20 heavy (non-hydrogen) atoms. The first kappa shape index (κ1) is 12.1. The molecular formula is C13H8FN3O3. The highest BCUT2D eigenvalue weighted by Crippen LogP contribution is 2.29. The summed E-state index contributed by atoms with van der Waals surface area (Å²) in [6, 6.07) is 8.77. The molecule has 0 aliphatic heterocycles. The van der Waals surface area contributed by atoms with Gasteiger partial charge < -0.3 is 9.15 Å². The molecule has 7 heteroatoms. The highest BCUT2D eigenvalue weighted by molar-refractivity contribution is 5.59. The first-order chi connectivity index (χ1) is 9.72. The molecule has 100 valence electrons. The average Bonchev–Trinajstić information content (AvgIpc) is 2.88. The van der Waals surface area contributed by atoms with E-state index in [1.807, 2.05) is 0 Å². The van der Waals surface area contributed by atoms with Crippen molar-refractivity contribution in [2.45, 2.75) is 0 Å². The number of aromatic nitrogens is 3. The van der Waals surface area contributed by atoms with Gasteiger partial charge in [-0.2, -0.15) is 0 Å². The lowest BCUT2D eigenvalue weighted by Gasteiger charge is -2.07. The number of aromatic amines is 1. The fraction of sp³-hybridized carbons (Fsp3) is 0. The molecule has 1 aromatic carbocycles. The number of hydrogen-bond donors (Lipinski definition) is 1. The van der Waals surface area contributed by atoms with Gasteiger partial charge in [0.2, 0.25) is 5.88 Å². The maximum Gasteiger partial charge on any atom is 0.434 e. The second kappa shape index (κ2) is 4.96. The molecule has 0 amide bonds. The fourth-order valence-electron chi connectivity index (χ4n) is 1.59. The van der Waals surface area contributed by atoms with Crippen LogP contribution in [0.25, 0.3) is 11.5 Å². The van der Waals surface area contributed by atoms with Gasteiger partial charge in [0, 0.05) is 6.20 Å². The van der Waals surface area contributed by atoms with Crippen LogP contribution in [0.5, 0.6) is 11.6 Å². The van der Waals surface area contributed by atoms with Gasteiger partial charge in [-0.3, -0.25) is 0 Å². The minimum Gasteiger partial charge on any atom is -0.438 e. The van der Waals surface area contributed by atoms with Gasteiger partial charge in [-0.15, -0.1) is 5.10 Å². The molecule has 0 aliphatic carbocycles. The van der Waals surface area contributed by atoms with Crippen molar-refractivity contribution in [2.75, 3.05) is 0 Å². The van der Waals surface area contributed by atoms with Crippen molar-refractivity contribution in [2.24, 2.45) is 0 Å². The number of benzene rings is 1. The zero-order valence-corrected chi connectivity index (χ0v) is 10.0. The maximum absolute atomic E-state index is 12.8. The van der Waals surface area contributed by atoms with Crippen molar-refractivity contribution < 1.29 is 13.5 Å². The third-order valence-corrected chi connectivity index (χ3v) is 2.47. The van der Waals surface area contributed by atoms with Crippen LogP contribution in [0.3, 0.4) is 0 Å². The predicted molar refractivity (Wildman–Crippen MR) is 66.8 cm³/mol. The van der Waals surface area contributed by atoms with Crippen LogP contribution in [-0.2, 0) is 0 Å². The molecule has 2 aromatic heterocycles. The van der Waals surface area contributed by atoms with Crippen LogP contribution in [0.1, 0.15) is 0 Å². The third-order valence-electron chi connectivity index (χ3n) is 2.47. The third kappa shape index (κ3) is 2.41. The minimum atomic E-state index is -0.670. The number of nitrogens with one attached hydrogen (secondary N) is 1. The van der Waals surface area contributed by atoms with Crippen molar-refractivity contribution >= 4 is 0 Å². The average molecular weight is 273 g/mol. The molecule has 0 aliphatic rings. The number of pyridine rings is 1. The van der Waals surface area contributed by atoms with Crippen LogP contribution in [0.4, 0.5) is 4.39 Å². The second-order valence-corrected chi connectivity index (χ2v) is 3.83. The molecule has 2 heterocycles. The number of halogens is 1. The predicted octanol–water partition coefficient (Wildman–Crippen LogP) is 2.36. The summed E-state index contributed by atoms with van der Waals surface area (Å²) in [5.74, 6) is -0.354. The van der Waals surface area contributed by atoms with E-state index >= 15 is 0 Å². The van der Waals surface area contributed by atoms with Gasteiger partial charge in [0.15, 0.2) is 0 Å². The van der Waals surface area contributed by atoms with Gasteiger partial charge in [0.25, 0.3) is 5.89 Å². The van der Waals surface area contributed by atoms with Crippen LogP contribution < -0.4 is 10.5 Å². The Labute approximate surface area is 111 Å². The summed E-state index contributed by atoms with van der Waals surface area (Å²) < 4.78 is 23.2. The summed E-state index contributed by atoms with van der Waals surface area (Å²) in [4.78, 5) is 15.0. The van der Waals surface area contributed by atoms with E-state index in [-0.39, 0.29) is 17.6 Å². The molecule has 3 rings (SSSR count). The molecular weight excluding hydrogens is 265 g/mol. The lowest BCUT2D eigenvalue weighted by atomic mass is 10.2. The summed E-state index contributed by atoms with van der Waals surface area (Å²) in [5, 5.41) is 5.88. The first-order valence-electron chi connectivity index (χ1n) is 5.67. The Morgan fingerprint density at radius 2 is 2.00 bits per heavy atom. The first-order valence-corrected chi connectivity index (χ1v) is 5.67. The highest BCUT2D eigenvalue weighted by atomic mass is 19.1. The van der Waals surface area contributed by atoms with Gasteiger partial charge >= 0.3 is 5.76 Å². The van der Waals surface area contributed by atoms with Gasteiger partial charge in [-0.05, 0) is 36.4 Å². The Morgan fingerprint density at radius 1 is 1.20 bits per heavy atom. The van der Waals surface area contributed by atoms with Crippen LogP contribution in [-0.4, -0.2) is 15.2 Å². The van der Waals surface area contributed by atoms with Gasteiger partial charge in [-0.25, -0.2) is 19.3 Å². The van der Waals surface area contributed by atoms with Crippen LogP contribution in [0.15, 0.2) is 51.8 Å². The Morgan fingerprint density at radius 3 is 2.70 bits per heavy atom. The van der Waals surface area contributed by atoms with E-state index in [1.165, 1.54) is 30.5 Å². The number of H-pyrrole nitrogens is 1. The van der Waals surface area contributed by atoms with E-state index in [0.717, 1.165) is 0 Å². The zero-order valence-electron chi connectivity index (χ0n) is 10.0. The standard InChI is InChI=1S/C13H8FN3O3/c14-8-3-5-9(6-4-8)19-11-10(2-1-7-15-11)12-16-17-13(18)20-12/h1-7H,(H,17,18). The minimum absolute atomic E-state index is 0.0696. The van der Waals surface area contributed by atoms with Crippen molar-refractivity contribution in [1.82, 2.24) is 15.2 Å². The van der Waals surface area contributed by atoms with Gasteiger partial charge in [0.1, 0.15) is 17.1 Å². The number of rotatable bonds is 3. The summed E-state index contributed by atoms with van der Waals surface area (Å²) >= 11 is 0. The molecule has 0 saturated carbocycles. The van der Waals surface area contributed by atoms with E-state index in [4.69, 9.17) is 9.15 Å². The number of hydrogen-bond acceptors (Lipinski definition) is 5. The van der Waals surface area contributed by atoms with Crippen molar-refractivity contribution in [3.05, 3.63) is 59.0 Å². The van der Waals surface area contributed by atoms with Crippen LogP contribution >= 0.6 is 0 Å². The molecule has 1 N–H and O–H groups in total. The van der Waals surface area contributed by atoms with E-state index in [1.54, 1.807) is 12.1 Å². The number of nitrogens with zero attached hydrogens (tertiary/aromatic N) is 2. The Bertz CT molecular complexity index is 780. The van der Waals surface area contributed by atoms with E-state index in [2.05, 4.69) is 15.2 Å². The Hall–Kier alpha value is -2.96. The summed E-state index contributed by atoms with van der Waals surface area (Å²) in [7, 11) is 0. The molecule has 6 nitrogen and oxygen atoms in total. The summed E-state index contributed by atoms with van der Waals surface area (Å²) in [6.45, 7) is 0. The SMILES string of the molecule is O=c1[nH]nc(-c2cccnc2Oc2ccc(F)cc2)o1. The highest BCUT2D eigenvalue weighted by Gasteiger charge is 2.13. The van der Waals surface area contributed by atoms with Gasteiger partial charge in [0.05, 0.1) is 0 Å². The molecule has 0 atom stereocenters. The normalized spacial score (nSPS) is 10.4. The quantitative estimate of drug-likeness (QED) is 0.792. The molecule has 0 unspecified atom stereocenters. The topological polar surface area (TPSA) is 81.0 Å². The molecule has 0 bridgehead atoms. The summed E-state index contributed by atoms with van der Waals surface area (Å²) in [6.07, 6.45) is 1.52. The van der Waals surface area contributed by atoms with E-state index < -0.39 is 5.76 Å². The van der Waals surface area contributed by atoms with Crippen LogP contribution in [0, 0.1) is 5.82 Å². The smallest absolute Gasteiger partial charge is 0.434 e. The fourth-order valence-corrected chi connectivity index (χ4v) is 1.59. The second-order valence-electron chi connectivity index (χ2n) is 3.83. The summed E-state index contributed by atoms with van der Waals surface area (Å²) in [5.41, 5.74) is 0.412. The van der Waals surface area contributed by atoms with Crippen LogP contribution in [0.2, 0.25) is 0 Å². The van der Waals surface area contributed by atoms with Crippen molar-refractivity contribution in [3.63, 3.8) is 0 Å². The molecule has 0 radical (unpaired) electrons. The van der Waals surface area contributed by atoms with E-state index in [9.17, 15) is 9.18 Å². The molecule has 0 fully saturated rings. The monoisotopic (exact) mass is 273 g/mol. The lowest BCUT2D eigenvalue weighted by Crippen LogP contribution is -1.94. The largest absolute Gasteiger partial charge is 0.438 e. The zero-order chi connectivity index (χ0) is 13.9. The van der Waals surface area contributed by atoms with Crippen molar-refractivity contribution in [3.8, 4) is 23.1 Å². The van der Waals surface area contributed by atoms with Gasteiger partial charge in [-0.1, -0.05) is 0 Å². The lowest BCUT2D eigenvalue weighted by molar-refractivity contribution is 0.457.